The van der Waals surface area contributed by atoms with Gasteiger partial charge < -0.3 is 0 Å². The molecule has 0 amide bonds. The van der Waals surface area contributed by atoms with Crippen LogP contribution in [-0.2, 0) is 45.5 Å². The van der Waals surface area contributed by atoms with E-state index in [4.69, 9.17) is 23.7 Å². The number of aliphatic hydroxyl groups excluding tert-OH is 1. The van der Waals surface area contributed by atoms with Gasteiger partial charge in [-0.1, -0.05) is 6.92 Å². The number of aliphatic hydroxyl groups is 2. The Kier molecular flexibility index (Phi) is 15.6. The Hall–Kier alpha value is -0.356. The summed E-state index contributed by atoms with van der Waals surface area (Å²) in [4.78, 5) is 16.7. The van der Waals surface area contributed by atoms with E-state index in [-0.39, 0.29) is 59.8 Å². The van der Waals surface area contributed by atoms with Gasteiger partial charge in [-0.05, 0) is 0 Å². The van der Waals surface area contributed by atoms with Crippen LogP contribution in [0.1, 0.15) is 122 Å². The van der Waals surface area contributed by atoms with Crippen LogP contribution >= 0.6 is 0 Å². The van der Waals surface area contributed by atoms with Crippen molar-refractivity contribution in [3.63, 3.8) is 0 Å². The third-order valence-electron chi connectivity index (χ3n) is 13.9. The second kappa shape index (κ2) is 17.6. The number of nitrogens with zero attached hydrogens (tertiary/aromatic N) is 1. The summed E-state index contributed by atoms with van der Waals surface area (Å²) in [6.45, 7) is 26.8. The van der Waals surface area contributed by atoms with E-state index in [0.717, 1.165) is 10.6 Å². The number of rotatable bonds is 7. The van der Waals surface area contributed by atoms with Crippen LogP contribution in [0.2, 0.25) is 0 Å². The molecule has 297 valence electrons. The van der Waals surface area contributed by atoms with Crippen LogP contribution in [0.3, 0.4) is 0 Å². The molecule has 3 heterocycles. The minimum atomic E-state index is -1.17. The first-order chi connectivity index (χ1) is 23.4. The van der Waals surface area contributed by atoms with Crippen LogP contribution in [0.25, 0.3) is 0 Å². The molecule has 17 atom stereocenters. The molecule has 3 saturated heterocycles. The zero-order valence-electron chi connectivity index (χ0n) is 34.9. The maximum absolute atomic E-state index is 14.4. The molecule has 3 aliphatic rings. The summed E-state index contributed by atoms with van der Waals surface area (Å²) in [5.41, 5.74) is -2.37. The molecule has 2 N–H and O–H groups in total. The summed E-state index contributed by atoms with van der Waals surface area (Å²) in [5, 5.41) is 24.6. The van der Waals surface area contributed by atoms with Crippen molar-refractivity contribution in [3.05, 3.63) is 0 Å². The standard InChI is InChI=1S/C41H75NO8.V/c1-17-34-39(10,11)37(43)24(3)18-23(2)21-40(12,45)31(20-33-27(6)32(42(14)15)19-25(4)47-33)26(5)36(28(7)38(44)49-34)50-35-22-41(13,46-16)29(8)30(9)48-35;/h23-37,43,45H,17,19-22H2,1-16H3;/t23-,24-,25+,26+,27+,28+,29-,30-,31+,32-,33-,34+,35?,36-,37+,40-,41+;/m0./s1. The number of hydrogen-bond donors (Lipinski definition) is 2. The summed E-state index contributed by atoms with van der Waals surface area (Å²) in [7, 11) is 6.00. The van der Waals surface area contributed by atoms with Crippen LogP contribution in [0.4, 0.5) is 0 Å². The third-order valence-corrected chi connectivity index (χ3v) is 15.2. The zero-order valence-corrected chi connectivity index (χ0v) is 36.3. The molecule has 51 heavy (non-hydrogen) atoms. The van der Waals surface area contributed by atoms with Crippen molar-refractivity contribution >= 4 is 10.2 Å². The van der Waals surface area contributed by atoms with Gasteiger partial charge in [0.15, 0.2) is 0 Å². The Morgan fingerprint density at radius 1 is 0.941 bits per heavy atom. The number of hydrogen-bond acceptors (Lipinski definition) is 9. The minimum absolute atomic E-state index is 0.0120. The molecular weight excluding hydrogens is 685 g/mol. The van der Waals surface area contributed by atoms with E-state index in [9.17, 15) is 15.0 Å². The van der Waals surface area contributed by atoms with Gasteiger partial charge in [0.2, 0.25) is 0 Å². The molecule has 0 saturated carbocycles. The van der Waals surface area contributed by atoms with Crippen molar-refractivity contribution in [2.45, 2.75) is 182 Å². The summed E-state index contributed by atoms with van der Waals surface area (Å²) in [5.74, 6) is -1.50. The van der Waals surface area contributed by atoms with E-state index >= 15 is 0 Å². The van der Waals surface area contributed by atoms with Gasteiger partial charge in [-0.25, -0.2) is 0 Å². The van der Waals surface area contributed by atoms with Crippen molar-refractivity contribution in [3.8, 4) is 0 Å². The Labute approximate surface area is 320 Å². The van der Waals surface area contributed by atoms with Crippen LogP contribution in [0.5, 0.6) is 0 Å². The van der Waals surface area contributed by atoms with Gasteiger partial charge >= 0.3 is 307 Å². The van der Waals surface area contributed by atoms with Gasteiger partial charge in [0.05, 0.1) is 0 Å². The number of carbonyl (C=O) groups is 1. The zero-order chi connectivity index (χ0) is 39.0. The van der Waals surface area contributed by atoms with Crippen molar-refractivity contribution in [1.29, 1.82) is 0 Å². The first-order valence-corrected chi connectivity index (χ1v) is 20.5. The number of ether oxygens (including phenoxy) is 5. The predicted octanol–water partition coefficient (Wildman–Crippen LogP) is 6.42. The molecule has 3 aliphatic heterocycles. The van der Waals surface area contributed by atoms with Gasteiger partial charge in [-0.15, -0.1) is 0 Å². The van der Waals surface area contributed by atoms with Crippen LogP contribution in [0.15, 0.2) is 0 Å². The summed E-state index contributed by atoms with van der Waals surface area (Å²) in [6, 6.07) is 0.341. The summed E-state index contributed by atoms with van der Waals surface area (Å²) >= 11 is 2.69. The second-order valence-corrected chi connectivity index (χ2v) is 19.1. The number of methoxy groups -OCH3 is 1. The van der Waals surface area contributed by atoms with Gasteiger partial charge in [-0.3, -0.25) is 0 Å². The normalized spacial score (nSPS) is 47.8. The van der Waals surface area contributed by atoms with Crippen LogP contribution < -0.4 is 0 Å². The van der Waals surface area contributed by atoms with E-state index in [1.165, 1.54) is 0 Å². The van der Waals surface area contributed by atoms with Crippen LogP contribution in [-0.4, -0.2) is 107 Å². The molecular formula is C41H75NO8V. The molecule has 3 rings (SSSR count). The molecule has 9 nitrogen and oxygen atoms in total. The quantitative estimate of drug-likeness (QED) is 0.285. The van der Waals surface area contributed by atoms with Gasteiger partial charge in [0.25, 0.3) is 0 Å². The topological polar surface area (TPSA) is 107 Å². The third kappa shape index (κ3) is 9.91. The molecule has 10 heteroatoms. The Morgan fingerprint density at radius 3 is 2.10 bits per heavy atom. The van der Waals surface area contributed by atoms with Gasteiger partial charge in [0.1, 0.15) is 0 Å². The molecule has 0 radical (unpaired) electrons. The van der Waals surface area contributed by atoms with E-state index < -0.39 is 47.1 Å². The van der Waals surface area contributed by atoms with E-state index in [0.29, 0.717) is 31.7 Å². The first kappa shape index (κ1) is 45.0. The van der Waals surface area contributed by atoms with E-state index in [2.05, 4.69) is 77.5 Å². The number of cyclic esters (lactones) is 1. The number of esters is 1. The fourth-order valence-corrected chi connectivity index (χ4v) is 10.2. The summed E-state index contributed by atoms with van der Waals surface area (Å²) in [6.07, 6.45) is 0.388. The average Bonchev–Trinajstić information content (AvgIpc) is 3.05. The van der Waals surface area contributed by atoms with Crippen molar-refractivity contribution in [2.24, 2.45) is 46.8 Å². The van der Waals surface area contributed by atoms with Crippen LogP contribution in [0, 0.1) is 46.8 Å². The molecule has 0 aromatic heterocycles. The Balaban J connectivity index is 2.18. The molecule has 0 aromatic rings. The molecule has 0 spiro atoms. The molecule has 1 unspecified atom stereocenters. The molecule has 0 bridgehead atoms. The van der Waals surface area contributed by atoms with Gasteiger partial charge in [0, 0.05) is 7.11 Å². The maximum atomic E-state index is 14.4. The predicted molar refractivity (Wildman–Crippen MR) is 199 cm³/mol. The van der Waals surface area contributed by atoms with E-state index in [1.54, 1.807) is 7.11 Å². The van der Waals surface area contributed by atoms with Crippen molar-refractivity contribution < 1.29 is 55.7 Å². The second-order valence-electron chi connectivity index (χ2n) is 18.3. The Bertz CT molecular complexity index is 1160. The SMILES string of the molecule is CC[C@H]1OC(=O)[C@H](C)[C@@H](OC2C[C@@](C)(OC)[C@@H](C)[C@H](C)O2)[C@H](C)[C@@H](C[C@@H]2O[C@H](C)C[C@H](N(C)C)[C@H]2C)[C@@](C)(O)C[C@@H](C)[C](=[V])[C@H](C)[C@@H](O)C1(C)C. The van der Waals surface area contributed by atoms with E-state index in [1.807, 2.05) is 48.5 Å². The van der Waals surface area contributed by atoms with Crippen molar-refractivity contribution in [2.75, 3.05) is 21.2 Å². The fourth-order valence-electron chi connectivity index (χ4n) is 9.85. The molecule has 3 fully saturated rings. The first-order valence-electron chi connectivity index (χ1n) is 19.8. The van der Waals surface area contributed by atoms with Crippen molar-refractivity contribution in [1.82, 2.24) is 4.90 Å². The summed E-state index contributed by atoms with van der Waals surface area (Å²) < 4.78 is 33.7. The fraction of sp³-hybridized carbons (Fsp3) is 0.951. The average molecular weight is 761 g/mol. The monoisotopic (exact) mass is 760 g/mol. The van der Waals surface area contributed by atoms with Gasteiger partial charge in [-0.2, -0.15) is 0 Å². The number of carbonyl (C=O) groups excluding carboxylic acids is 1. The Morgan fingerprint density at radius 2 is 1.55 bits per heavy atom. The molecule has 0 aliphatic carbocycles. The molecule has 0 aromatic carbocycles.